The van der Waals surface area contributed by atoms with Gasteiger partial charge in [0.1, 0.15) is 5.78 Å². The van der Waals surface area contributed by atoms with Crippen molar-refractivity contribution >= 4 is 17.4 Å². The van der Waals surface area contributed by atoms with Gasteiger partial charge in [-0.05, 0) is 26.2 Å². The van der Waals surface area contributed by atoms with Crippen LogP contribution in [0.4, 0.5) is 0 Å². The highest BCUT2D eigenvalue weighted by atomic mass is 35.5. The summed E-state index contributed by atoms with van der Waals surface area (Å²) >= 11 is 5.52. The van der Waals surface area contributed by atoms with E-state index in [-0.39, 0.29) is 0 Å². The second-order valence-corrected chi connectivity index (χ2v) is 4.12. The third-order valence-electron chi connectivity index (χ3n) is 2.76. The van der Waals surface area contributed by atoms with Crippen molar-refractivity contribution < 1.29 is 4.79 Å². The van der Waals surface area contributed by atoms with Crippen molar-refractivity contribution in [2.24, 2.45) is 5.92 Å². The molecule has 0 aromatic rings. The molecular formula is C11H17ClO. The van der Waals surface area contributed by atoms with Crippen LogP contribution < -0.4 is 0 Å². The maximum absolute atomic E-state index is 11.6. The van der Waals surface area contributed by atoms with Crippen molar-refractivity contribution in [1.29, 1.82) is 0 Å². The number of allylic oxidation sites excluding steroid dienone is 1. The van der Waals surface area contributed by atoms with Crippen LogP contribution in [0.15, 0.2) is 11.1 Å². The van der Waals surface area contributed by atoms with Gasteiger partial charge in [-0.3, -0.25) is 4.79 Å². The summed E-state index contributed by atoms with van der Waals surface area (Å²) in [4.78, 5) is 11.6. The van der Waals surface area contributed by atoms with Gasteiger partial charge in [-0.2, -0.15) is 0 Å². The van der Waals surface area contributed by atoms with Gasteiger partial charge < -0.3 is 0 Å². The summed E-state index contributed by atoms with van der Waals surface area (Å²) in [6, 6.07) is 0. The molecule has 0 aliphatic heterocycles. The van der Waals surface area contributed by atoms with E-state index in [1.807, 2.05) is 6.92 Å². The molecule has 0 atom stereocenters. The number of hydrogen-bond acceptors (Lipinski definition) is 1. The van der Waals surface area contributed by atoms with Crippen molar-refractivity contribution in [3.05, 3.63) is 11.1 Å². The standard InChI is InChI=1S/C11H17ClO/c1-9(8-12)6-7-11(13)10-4-2-3-5-10/h8,10H,2-7H2,1H3. The summed E-state index contributed by atoms with van der Waals surface area (Å²) in [6.07, 6.45) is 6.21. The fourth-order valence-electron chi connectivity index (χ4n) is 1.83. The normalized spacial score (nSPS) is 19.4. The Hall–Kier alpha value is -0.300. The van der Waals surface area contributed by atoms with Gasteiger partial charge in [-0.1, -0.05) is 30.0 Å². The van der Waals surface area contributed by atoms with E-state index in [0.717, 1.165) is 24.8 Å². The molecule has 2 heteroatoms. The maximum atomic E-state index is 11.6. The summed E-state index contributed by atoms with van der Waals surface area (Å²) in [6.45, 7) is 1.97. The minimum absolute atomic E-state index is 0.364. The number of hydrogen-bond donors (Lipinski definition) is 0. The Morgan fingerprint density at radius 3 is 2.54 bits per heavy atom. The predicted molar refractivity (Wildman–Crippen MR) is 55.8 cm³/mol. The van der Waals surface area contributed by atoms with Crippen LogP contribution in [0.3, 0.4) is 0 Å². The minimum Gasteiger partial charge on any atom is -0.299 e. The molecule has 0 aromatic carbocycles. The molecule has 1 aliphatic carbocycles. The first-order valence-electron chi connectivity index (χ1n) is 5.02. The quantitative estimate of drug-likeness (QED) is 0.677. The molecule has 1 nitrogen and oxygen atoms in total. The number of halogens is 1. The van der Waals surface area contributed by atoms with Crippen LogP contribution in [0, 0.1) is 5.92 Å². The van der Waals surface area contributed by atoms with Gasteiger partial charge in [0.2, 0.25) is 0 Å². The summed E-state index contributed by atoms with van der Waals surface area (Å²) < 4.78 is 0. The molecule has 13 heavy (non-hydrogen) atoms. The summed E-state index contributed by atoms with van der Waals surface area (Å²) in [5.74, 6) is 0.804. The number of carbonyl (C=O) groups is 1. The van der Waals surface area contributed by atoms with E-state index in [2.05, 4.69) is 0 Å². The van der Waals surface area contributed by atoms with Gasteiger partial charge in [0.15, 0.2) is 0 Å². The first-order valence-corrected chi connectivity index (χ1v) is 5.46. The molecule has 0 saturated heterocycles. The van der Waals surface area contributed by atoms with Crippen molar-refractivity contribution in [3.8, 4) is 0 Å². The molecule has 0 bridgehead atoms. The third kappa shape index (κ3) is 3.51. The van der Waals surface area contributed by atoms with Crippen LogP contribution in [-0.2, 0) is 4.79 Å². The van der Waals surface area contributed by atoms with Gasteiger partial charge in [0.25, 0.3) is 0 Å². The highest BCUT2D eigenvalue weighted by molar-refractivity contribution is 6.25. The SMILES string of the molecule is CC(=CCl)CCC(=O)C1CCCC1. The van der Waals surface area contributed by atoms with Gasteiger partial charge >= 0.3 is 0 Å². The van der Waals surface area contributed by atoms with Gasteiger partial charge in [-0.25, -0.2) is 0 Å². The van der Waals surface area contributed by atoms with Gasteiger partial charge in [0.05, 0.1) is 0 Å². The zero-order valence-corrected chi connectivity index (χ0v) is 8.94. The van der Waals surface area contributed by atoms with E-state index in [4.69, 9.17) is 11.6 Å². The Morgan fingerprint density at radius 2 is 2.00 bits per heavy atom. The van der Waals surface area contributed by atoms with Gasteiger partial charge in [-0.15, -0.1) is 0 Å². The lowest BCUT2D eigenvalue weighted by Crippen LogP contribution is -2.10. The lowest BCUT2D eigenvalue weighted by atomic mass is 9.97. The van der Waals surface area contributed by atoms with Crippen molar-refractivity contribution in [3.63, 3.8) is 0 Å². The highest BCUT2D eigenvalue weighted by Gasteiger charge is 2.21. The van der Waals surface area contributed by atoms with E-state index in [9.17, 15) is 4.79 Å². The fraction of sp³-hybridized carbons (Fsp3) is 0.727. The van der Waals surface area contributed by atoms with Crippen LogP contribution in [-0.4, -0.2) is 5.78 Å². The smallest absolute Gasteiger partial charge is 0.136 e. The largest absolute Gasteiger partial charge is 0.299 e. The first kappa shape index (κ1) is 10.8. The minimum atomic E-state index is 0.364. The number of carbonyl (C=O) groups excluding carboxylic acids is 1. The molecule has 74 valence electrons. The Labute approximate surface area is 85.2 Å². The highest BCUT2D eigenvalue weighted by Crippen LogP contribution is 2.27. The molecule has 1 rings (SSSR count). The first-order chi connectivity index (χ1) is 6.24. The lowest BCUT2D eigenvalue weighted by Gasteiger charge is -2.06. The molecule has 0 amide bonds. The number of ketones is 1. The molecule has 0 N–H and O–H groups in total. The Kier molecular flexibility index (Phi) is 4.51. The molecule has 1 aliphatic rings. The molecule has 0 unspecified atom stereocenters. The molecule has 1 saturated carbocycles. The molecule has 0 radical (unpaired) electrons. The summed E-state index contributed by atoms with van der Waals surface area (Å²) in [5, 5.41) is 0. The van der Waals surface area contributed by atoms with Crippen molar-refractivity contribution in [2.75, 3.05) is 0 Å². The van der Waals surface area contributed by atoms with Crippen molar-refractivity contribution in [1.82, 2.24) is 0 Å². The number of Topliss-reactive ketones (excluding diaryl/α,β-unsaturated/α-hetero) is 1. The Morgan fingerprint density at radius 1 is 1.38 bits per heavy atom. The van der Waals surface area contributed by atoms with Crippen molar-refractivity contribution in [2.45, 2.75) is 45.4 Å². The maximum Gasteiger partial charge on any atom is 0.136 e. The van der Waals surface area contributed by atoms with E-state index in [1.165, 1.54) is 12.8 Å². The third-order valence-corrected chi connectivity index (χ3v) is 3.14. The topological polar surface area (TPSA) is 17.1 Å². The second-order valence-electron chi connectivity index (χ2n) is 3.90. The van der Waals surface area contributed by atoms with Crippen LogP contribution in [0.1, 0.15) is 45.4 Å². The van der Waals surface area contributed by atoms with E-state index >= 15 is 0 Å². The van der Waals surface area contributed by atoms with Crippen LogP contribution in [0.2, 0.25) is 0 Å². The average Bonchev–Trinajstić information content (AvgIpc) is 2.66. The fourth-order valence-corrected chi connectivity index (χ4v) is 1.94. The van der Waals surface area contributed by atoms with E-state index in [0.29, 0.717) is 18.1 Å². The van der Waals surface area contributed by atoms with Crippen LogP contribution in [0.5, 0.6) is 0 Å². The van der Waals surface area contributed by atoms with Crippen LogP contribution >= 0.6 is 11.6 Å². The van der Waals surface area contributed by atoms with Crippen LogP contribution in [0.25, 0.3) is 0 Å². The molecule has 0 aromatic heterocycles. The zero-order chi connectivity index (χ0) is 9.68. The van der Waals surface area contributed by atoms with E-state index < -0.39 is 0 Å². The summed E-state index contributed by atoms with van der Waals surface area (Å²) in [5.41, 5.74) is 2.68. The Balaban J connectivity index is 2.24. The molecule has 1 fully saturated rings. The molecule has 0 heterocycles. The monoisotopic (exact) mass is 200 g/mol. The van der Waals surface area contributed by atoms with Gasteiger partial charge in [0, 0.05) is 17.9 Å². The Bertz CT molecular complexity index is 202. The number of rotatable bonds is 4. The second kappa shape index (κ2) is 5.43. The average molecular weight is 201 g/mol. The lowest BCUT2D eigenvalue weighted by molar-refractivity contribution is -0.122. The summed E-state index contributed by atoms with van der Waals surface area (Å²) in [7, 11) is 0. The zero-order valence-electron chi connectivity index (χ0n) is 8.18. The van der Waals surface area contributed by atoms with E-state index in [1.54, 1.807) is 5.54 Å². The molecule has 0 spiro atoms. The predicted octanol–water partition coefficient (Wildman–Crippen LogP) is 3.67. The molecular weight excluding hydrogens is 184 g/mol.